The van der Waals surface area contributed by atoms with Crippen LogP contribution in [0.25, 0.3) is 0 Å². The average molecular weight is 354 g/mol. The molecule has 140 valence electrons. The number of hydrogen-bond donors (Lipinski definition) is 1. The topological polar surface area (TPSA) is 46.5 Å². The molecule has 1 N–H and O–H groups in total. The predicted molar refractivity (Wildman–Crippen MR) is 100 cm³/mol. The lowest BCUT2D eigenvalue weighted by molar-refractivity contribution is -0.134. The second-order valence-corrected chi connectivity index (χ2v) is 9.37. The number of carbonyl (C=O) groups excluding carboxylic acids is 1. The standard InChI is InChI=1S/C23H30O3/c1-23-11-10-18-17-9-7-16(26-15-4-2-3-5-15)12-14(17)6-8-19(18)20(23)13-21(24)22(23)25/h7,9,12,15,18-21,24H,2-6,8,10-11,13H2,1H3/t18?,19?,20?,21-,23?/m1/s1. The molecule has 26 heavy (non-hydrogen) atoms. The van der Waals surface area contributed by atoms with Crippen LogP contribution < -0.4 is 4.74 Å². The molecule has 3 saturated carbocycles. The maximum absolute atomic E-state index is 12.5. The molecule has 4 aliphatic rings. The zero-order chi connectivity index (χ0) is 17.9. The third-order valence-electron chi connectivity index (χ3n) is 8.04. The van der Waals surface area contributed by atoms with E-state index < -0.39 is 6.10 Å². The SMILES string of the molecule is CC12CCC3c4ccc(OC5CCCC5)cc4CCC3C1C[C@@H](O)C2=O. The molecule has 0 aromatic heterocycles. The van der Waals surface area contributed by atoms with Crippen molar-refractivity contribution in [2.45, 2.75) is 82.8 Å². The van der Waals surface area contributed by atoms with Gasteiger partial charge in [-0.3, -0.25) is 4.79 Å². The van der Waals surface area contributed by atoms with Crippen LogP contribution in [0.1, 0.15) is 75.3 Å². The molecule has 0 radical (unpaired) electrons. The molecular weight excluding hydrogens is 324 g/mol. The Morgan fingerprint density at radius 1 is 1.15 bits per heavy atom. The van der Waals surface area contributed by atoms with Crippen LogP contribution in [0.2, 0.25) is 0 Å². The Hall–Kier alpha value is -1.35. The van der Waals surface area contributed by atoms with E-state index in [0.29, 0.717) is 30.3 Å². The molecule has 3 heteroatoms. The van der Waals surface area contributed by atoms with E-state index in [1.54, 1.807) is 0 Å². The van der Waals surface area contributed by atoms with Crippen molar-refractivity contribution in [2.75, 3.05) is 0 Å². The van der Waals surface area contributed by atoms with E-state index in [4.69, 9.17) is 4.74 Å². The monoisotopic (exact) mass is 354 g/mol. The maximum atomic E-state index is 12.5. The van der Waals surface area contributed by atoms with Crippen LogP contribution >= 0.6 is 0 Å². The number of carbonyl (C=O) groups is 1. The minimum absolute atomic E-state index is 0.104. The molecule has 4 unspecified atom stereocenters. The van der Waals surface area contributed by atoms with E-state index in [2.05, 4.69) is 25.1 Å². The Labute approximate surface area is 156 Å². The van der Waals surface area contributed by atoms with Gasteiger partial charge in [0.15, 0.2) is 5.78 Å². The molecular formula is C23H30O3. The number of hydrogen-bond acceptors (Lipinski definition) is 3. The second-order valence-electron chi connectivity index (χ2n) is 9.37. The zero-order valence-electron chi connectivity index (χ0n) is 15.7. The number of ether oxygens (including phenoxy) is 1. The Balaban J connectivity index is 1.40. The number of aliphatic hydroxyl groups is 1. The van der Waals surface area contributed by atoms with E-state index >= 15 is 0 Å². The largest absolute Gasteiger partial charge is 0.490 e. The van der Waals surface area contributed by atoms with Crippen molar-refractivity contribution in [1.29, 1.82) is 0 Å². The van der Waals surface area contributed by atoms with Gasteiger partial charge in [-0.15, -0.1) is 0 Å². The summed E-state index contributed by atoms with van der Waals surface area (Å²) in [6, 6.07) is 6.75. The Morgan fingerprint density at radius 2 is 1.96 bits per heavy atom. The highest BCUT2D eigenvalue weighted by molar-refractivity contribution is 5.91. The maximum Gasteiger partial charge on any atom is 0.167 e. The highest BCUT2D eigenvalue weighted by Crippen LogP contribution is 2.59. The number of aliphatic hydroxyl groups excluding tert-OH is 1. The number of ketones is 1. The summed E-state index contributed by atoms with van der Waals surface area (Å²) >= 11 is 0. The molecule has 4 aliphatic carbocycles. The van der Waals surface area contributed by atoms with Crippen molar-refractivity contribution in [1.82, 2.24) is 0 Å². The Kier molecular flexibility index (Phi) is 3.93. The van der Waals surface area contributed by atoms with Crippen molar-refractivity contribution < 1.29 is 14.6 Å². The van der Waals surface area contributed by atoms with Crippen LogP contribution in [-0.2, 0) is 11.2 Å². The summed E-state index contributed by atoms with van der Waals surface area (Å²) in [5, 5.41) is 10.2. The number of Topliss-reactive ketones (excluding diaryl/α,β-unsaturated/α-hetero) is 1. The van der Waals surface area contributed by atoms with Gasteiger partial charge in [-0.1, -0.05) is 13.0 Å². The molecule has 1 aromatic rings. The van der Waals surface area contributed by atoms with E-state index in [0.717, 1.165) is 31.4 Å². The van der Waals surface area contributed by atoms with Gasteiger partial charge in [-0.05, 0) is 98.8 Å². The fourth-order valence-corrected chi connectivity index (χ4v) is 6.62. The highest BCUT2D eigenvalue weighted by Gasteiger charge is 2.57. The van der Waals surface area contributed by atoms with E-state index in [1.165, 1.54) is 36.8 Å². The quantitative estimate of drug-likeness (QED) is 0.856. The summed E-state index contributed by atoms with van der Waals surface area (Å²) in [6.45, 7) is 2.11. The van der Waals surface area contributed by atoms with Gasteiger partial charge in [0.25, 0.3) is 0 Å². The van der Waals surface area contributed by atoms with Crippen molar-refractivity contribution in [3.05, 3.63) is 29.3 Å². The normalized spacial score (nSPS) is 39.4. The highest BCUT2D eigenvalue weighted by atomic mass is 16.5. The van der Waals surface area contributed by atoms with Crippen molar-refractivity contribution in [3.63, 3.8) is 0 Å². The Bertz CT molecular complexity index is 720. The van der Waals surface area contributed by atoms with E-state index in [9.17, 15) is 9.90 Å². The van der Waals surface area contributed by atoms with Gasteiger partial charge in [-0.2, -0.15) is 0 Å². The molecule has 0 saturated heterocycles. The smallest absolute Gasteiger partial charge is 0.167 e. The average Bonchev–Trinajstić information content (AvgIpc) is 3.23. The van der Waals surface area contributed by atoms with Gasteiger partial charge in [0, 0.05) is 5.41 Å². The van der Waals surface area contributed by atoms with Gasteiger partial charge < -0.3 is 9.84 Å². The Morgan fingerprint density at radius 3 is 2.77 bits per heavy atom. The molecule has 0 heterocycles. The first-order valence-electron chi connectivity index (χ1n) is 10.6. The lowest BCUT2D eigenvalue weighted by Gasteiger charge is -2.48. The molecule has 0 amide bonds. The lowest BCUT2D eigenvalue weighted by Crippen LogP contribution is -2.42. The van der Waals surface area contributed by atoms with Crippen LogP contribution in [0.3, 0.4) is 0 Å². The summed E-state index contributed by atoms with van der Waals surface area (Å²) in [4.78, 5) is 12.5. The van der Waals surface area contributed by atoms with Crippen LogP contribution in [0, 0.1) is 17.3 Å². The summed E-state index contributed by atoms with van der Waals surface area (Å²) in [5.41, 5.74) is 2.65. The third kappa shape index (κ3) is 2.46. The first-order valence-corrected chi connectivity index (χ1v) is 10.6. The summed E-state index contributed by atoms with van der Waals surface area (Å²) in [5.74, 6) is 2.60. The van der Waals surface area contributed by atoms with Crippen molar-refractivity contribution >= 4 is 5.78 Å². The van der Waals surface area contributed by atoms with Crippen LogP contribution in [-0.4, -0.2) is 23.1 Å². The minimum atomic E-state index is -0.729. The summed E-state index contributed by atoms with van der Waals surface area (Å²) in [6.07, 6.45) is 9.55. The summed E-state index contributed by atoms with van der Waals surface area (Å²) < 4.78 is 6.21. The van der Waals surface area contributed by atoms with Crippen molar-refractivity contribution in [3.8, 4) is 5.75 Å². The molecule has 0 aliphatic heterocycles. The van der Waals surface area contributed by atoms with E-state index in [1.807, 2.05) is 0 Å². The first-order chi connectivity index (χ1) is 12.6. The molecule has 3 nitrogen and oxygen atoms in total. The van der Waals surface area contributed by atoms with Gasteiger partial charge >= 0.3 is 0 Å². The van der Waals surface area contributed by atoms with Crippen molar-refractivity contribution in [2.24, 2.45) is 17.3 Å². The van der Waals surface area contributed by atoms with Crippen LogP contribution in [0.4, 0.5) is 0 Å². The number of rotatable bonds is 2. The molecule has 1 aromatic carbocycles. The second kappa shape index (κ2) is 6.09. The van der Waals surface area contributed by atoms with Gasteiger partial charge in [0.05, 0.1) is 6.10 Å². The first kappa shape index (κ1) is 16.8. The molecule has 5 atom stereocenters. The van der Waals surface area contributed by atoms with E-state index in [-0.39, 0.29) is 11.2 Å². The van der Waals surface area contributed by atoms with Gasteiger partial charge in [0.1, 0.15) is 11.9 Å². The molecule has 5 rings (SSSR count). The number of fused-ring (bicyclic) bond motifs is 5. The predicted octanol–water partition coefficient (Wildman–Crippen LogP) is 4.40. The van der Waals surface area contributed by atoms with Crippen LogP contribution in [0.15, 0.2) is 18.2 Å². The van der Waals surface area contributed by atoms with Gasteiger partial charge in [0.2, 0.25) is 0 Å². The summed E-state index contributed by atoms with van der Waals surface area (Å²) in [7, 11) is 0. The number of aryl methyl sites for hydroxylation is 1. The minimum Gasteiger partial charge on any atom is -0.490 e. The van der Waals surface area contributed by atoms with Crippen LogP contribution in [0.5, 0.6) is 5.75 Å². The zero-order valence-corrected chi connectivity index (χ0v) is 15.7. The van der Waals surface area contributed by atoms with Gasteiger partial charge in [-0.25, -0.2) is 0 Å². The molecule has 0 spiro atoms. The molecule has 3 fully saturated rings. The third-order valence-corrected chi connectivity index (χ3v) is 8.04. The lowest BCUT2D eigenvalue weighted by atomic mass is 9.55. The molecule has 0 bridgehead atoms. The fraction of sp³-hybridized carbons (Fsp3) is 0.696. The fourth-order valence-electron chi connectivity index (χ4n) is 6.62. The number of benzene rings is 1.